The molecule has 2 rings (SSSR count). The summed E-state index contributed by atoms with van der Waals surface area (Å²) in [7, 11) is -2.91. The van der Waals surface area contributed by atoms with Crippen molar-refractivity contribution in [2.24, 2.45) is 5.92 Å². The first-order chi connectivity index (χ1) is 5.62. The highest BCUT2D eigenvalue weighted by atomic mass is 127. The molecule has 2 aliphatic heterocycles. The number of sulfonamides is 1. The smallest absolute Gasteiger partial charge is 0.211 e. The number of hydrogen-bond donors (Lipinski definition) is 0. The lowest BCUT2D eigenvalue weighted by molar-refractivity contribution is 0.430. The Hall–Kier alpha value is 0.640. The molecule has 2 bridgehead atoms. The zero-order chi connectivity index (χ0) is 8.77. The van der Waals surface area contributed by atoms with Crippen LogP contribution in [0.3, 0.4) is 0 Å². The van der Waals surface area contributed by atoms with Crippen LogP contribution in [0.1, 0.15) is 19.3 Å². The third kappa shape index (κ3) is 1.29. The molecule has 2 fully saturated rings. The van der Waals surface area contributed by atoms with Crippen molar-refractivity contribution < 1.29 is 8.42 Å². The summed E-state index contributed by atoms with van der Waals surface area (Å²) in [6.45, 7) is 1.52. The summed E-state index contributed by atoms with van der Waals surface area (Å²) in [5.74, 6) is 0.387. The van der Waals surface area contributed by atoms with E-state index in [-0.39, 0.29) is 3.26 Å². The molecular weight excluding hydrogens is 289 g/mol. The van der Waals surface area contributed by atoms with E-state index in [1.165, 1.54) is 6.42 Å². The highest BCUT2D eigenvalue weighted by molar-refractivity contribution is 14.1. The molecule has 3 nitrogen and oxygen atoms in total. The van der Waals surface area contributed by atoms with Gasteiger partial charge in [-0.1, -0.05) is 29.0 Å². The zero-order valence-electron chi connectivity index (χ0n) is 6.74. The lowest BCUT2D eigenvalue weighted by Crippen LogP contribution is -2.28. The highest BCUT2D eigenvalue weighted by Gasteiger charge is 2.45. The molecule has 0 aliphatic carbocycles. The van der Waals surface area contributed by atoms with E-state index in [1.54, 1.807) is 4.31 Å². The van der Waals surface area contributed by atoms with E-state index < -0.39 is 10.0 Å². The van der Waals surface area contributed by atoms with Crippen molar-refractivity contribution in [1.82, 2.24) is 4.31 Å². The van der Waals surface area contributed by atoms with Crippen LogP contribution in [0.5, 0.6) is 0 Å². The number of nitrogens with zero attached hydrogens (tertiary/aromatic N) is 1. The first kappa shape index (κ1) is 9.21. The molecular formula is C7H12INO2S. The van der Waals surface area contributed by atoms with Gasteiger partial charge in [0.15, 0.2) is 0 Å². The number of rotatable bonds is 0. The maximum Gasteiger partial charge on any atom is 0.226 e. The third-order valence-electron chi connectivity index (χ3n) is 2.69. The summed E-state index contributed by atoms with van der Waals surface area (Å²) in [6, 6.07) is 0. The van der Waals surface area contributed by atoms with E-state index in [1.807, 2.05) is 0 Å². The van der Waals surface area contributed by atoms with Gasteiger partial charge >= 0.3 is 0 Å². The molecule has 0 aromatic rings. The monoisotopic (exact) mass is 301 g/mol. The van der Waals surface area contributed by atoms with Gasteiger partial charge in [-0.15, -0.1) is 0 Å². The number of hydrogen-bond acceptors (Lipinski definition) is 2. The van der Waals surface area contributed by atoms with E-state index in [9.17, 15) is 8.42 Å². The predicted molar refractivity (Wildman–Crippen MR) is 55.6 cm³/mol. The highest BCUT2D eigenvalue weighted by Crippen LogP contribution is 2.37. The summed E-state index contributed by atoms with van der Waals surface area (Å²) in [6.07, 6.45) is 3.32. The number of halogens is 1. The van der Waals surface area contributed by atoms with Crippen molar-refractivity contribution in [3.05, 3.63) is 0 Å². The molecule has 3 unspecified atom stereocenters. The molecule has 0 aromatic carbocycles. The molecule has 2 saturated heterocycles. The lowest BCUT2D eigenvalue weighted by atomic mass is 10.1. The second-order valence-electron chi connectivity index (χ2n) is 3.51. The average Bonchev–Trinajstić information content (AvgIpc) is 2.31. The Morgan fingerprint density at radius 1 is 1.33 bits per heavy atom. The van der Waals surface area contributed by atoms with E-state index in [2.05, 4.69) is 22.6 Å². The van der Waals surface area contributed by atoms with Crippen molar-refractivity contribution in [2.75, 3.05) is 13.1 Å². The molecule has 0 saturated carbocycles. The molecule has 2 aliphatic rings. The van der Waals surface area contributed by atoms with Crippen LogP contribution in [0.2, 0.25) is 0 Å². The summed E-state index contributed by atoms with van der Waals surface area (Å²) in [5, 5.41) is 0. The fraction of sp³-hybridized carbons (Fsp3) is 1.00. The molecule has 2 heterocycles. The van der Waals surface area contributed by atoms with Crippen LogP contribution in [-0.2, 0) is 10.0 Å². The average molecular weight is 301 g/mol. The largest absolute Gasteiger partial charge is 0.226 e. The molecule has 3 atom stereocenters. The Labute approximate surface area is 86.7 Å². The molecule has 0 N–H and O–H groups in total. The van der Waals surface area contributed by atoms with Gasteiger partial charge in [-0.2, -0.15) is 0 Å². The van der Waals surface area contributed by atoms with E-state index >= 15 is 0 Å². The maximum absolute atomic E-state index is 11.6. The Bertz CT molecular complexity index is 277. The fourth-order valence-electron chi connectivity index (χ4n) is 1.97. The first-order valence-electron chi connectivity index (χ1n) is 4.25. The van der Waals surface area contributed by atoms with Gasteiger partial charge in [0, 0.05) is 13.1 Å². The standard InChI is InChI=1S/C7H12INO2S/c8-7-6-3-1-2-4-9(5-6)12(7,10)11/h6-7H,1-5H2. The summed E-state index contributed by atoms with van der Waals surface area (Å²) in [5.41, 5.74) is 0. The SMILES string of the molecule is O=S1(=O)C(I)C2CCCCN1C2. The van der Waals surface area contributed by atoms with Crippen LogP contribution in [-0.4, -0.2) is 29.1 Å². The van der Waals surface area contributed by atoms with Gasteiger partial charge in [0.25, 0.3) is 0 Å². The predicted octanol–water partition coefficient (Wildman–Crippen LogP) is 1.19. The molecule has 12 heavy (non-hydrogen) atoms. The Kier molecular flexibility index (Phi) is 2.37. The third-order valence-corrected chi connectivity index (χ3v) is 7.64. The Morgan fingerprint density at radius 3 is 2.83 bits per heavy atom. The minimum absolute atomic E-state index is 0.157. The van der Waals surface area contributed by atoms with Crippen LogP contribution in [0.4, 0.5) is 0 Å². The Morgan fingerprint density at radius 2 is 2.08 bits per heavy atom. The second kappa shape index (κ2) is 3.09. The van der Waals surface area contributed by atoms with Gasteiger partial charge in [-0.25, -0.2) is 12.7 Å². The van der Waals surface area contributed by atoms with Gasteiger partial charge in [-0.05, 0) is 18.8 Å². The molecule has 0 aromatic heterocycles. The van der Waals surface area contributed by atoms with E-state index in [0.29, 0.717) is 5.92 Å². The van der Waals surface area contributed by atoms with Crippen LogP contribution in [0.15, 0.2) is 0 Å². The first-order valence-corrected chi connectivity index (χ1v) is 7.00. The van der Waals surface area contributed by atoms with Gasteiger partial charge in [0.05, 0.1) is 0 Å². The topological polar surface area (TPSA) is 37.4 Å². The van der Waals surface area contributed by atoms with Crippen LogP contribution in [0, 0.1) is 5.92 Å². The quantitative estimate of drug-likeness (QED) is 0.498. The fourth-order valence-corrected chi connectivity index (χ4v) is 5.30. The molecule has 0 amide bonds. The van der Waals surface area contributed by atoms with E-state index in [0.717, 1.165) is 25.9 Å². The van der Waals surface area contributed by atoms with Gasteiger partial charge in [0.2, 0.25) is 10.0 Å². The van der Waals surface area contributed by atoms with Crippen molar-refractivity contribution in [3.63, 3.8) is 0 Å². The van der Waals surface area contributed by atoms with Gasteiger partial charge in [0.1, 0.15) is 3.26 Å². The van der Waals surface area contributed by atoms with Crippen LogP contribution < -0.4 is 0 Å². The van der Waals surface area contributed by atoms with Crippen LogP contribution >= 0.6 is 22.6 Å². The van der Waals surface area contributed by atoms with Gasteiger partial charge < -0.3 is 0 Å². The molecule has 0 spiro atoms. The van der Waals surface area contributed by atoms with Crippen molar-refractivity contribution in [1.29, 1.82) is 0 Å². The summed E-state index contributed by atoms with van der Waals surface area (Å²) < 4.78 is 24.8. The normalized spacial score (nSPS) is 45.6. The molecule has 0 radical (unpaired) electrons. The lowest BCUT2D eigenvalue weighted by Gasteiger charge is -2.15. The van der Waals surface area contributed by atoms with Crippen molar-refractivity contribution in [3.8, 4) is 0 Å². The minimum Gasteiger partial charge on any atom is -0.211 e. The molecule has 70 valence electrons. The molecule has 5 heteroatoms. The van der Waals surface area contributed by atoms with Crippen molar-refractivity contribution >= 4 is 32.6 Å². The van der Waals surface area contributed by atoms with Crippen molar-refractivity contribution in [2.45, 2.75) is 22.5 Å². The summed E-state index contributed by atoms with van der Waals surface area (Å²) >= 11 is 2.08. The van der Waals surface area contributed by atoms with Gasteiger partial charge in [-0.3, -0.25) is 0 Å². The minimum atomic E-state index is -2.91. The second-order valence-corrected chi connectivity index (χ2v) is 7.75. The summed E-state index contributed by atoms with van der Waals surface area (Å²) in [4.78, 5) is 0. The zero-order valence-corrected chi connectivity index (χ0v) is 9.71. The number of fused-ring (bicyclic) bond motifs is 2. The Balaban J connectivity index is 2.32. The van der Waals surface area contributed by atoms with E-state index in [4.69, 9.17) is 0 Å². The maximum atomic E-state index is 11.6. The van der Waals surface area contributed by atoms with Crippen LogP contribution in [0.25, 0.3) is 0 Å². The number of alkyl halides is 1.